The minimum absolute atomic E-state index is 0.00921. The van der Waals surface area contributed by atoms with Crippen molar-refractivity contribution in [2.45, 2.75) is 0 Å². The summed E-state index contributed by atoms with van der Waals surface area (Å²) in [5, 5.41) is 0. The summed E-state index contributed by atoms with van der Waals surface area (Å²) in [5.74, 6) is 0.00921. The van der Waals surface area contributed by atoms with Gasteiger partial charge in [-0.2, -0.15) is 0 Å². The molecule has 3 unspecified atom stereocenters. The van der Waals surface area contributed by atoms with E-state index in [0.29, 0.717) is 0 Å². The quantitative estimate of drug-likeness (QED) is 0.536. The van der Waals surface area contributed by atoms with Crippen molar-refractivity contribution in [1.82, 2.24) is 0 Å². The number of rotatable bonds is 7. The topological polar surface area (TPSA) is 119 Å². The van der Waals surface area contributed by atoms with Gasteiger partial charge in [-0.3, -0.25) is 4.89 Å². The summed E-state index contributed by atoms with van der Waals surface area (Å²) in [6.45, 7) is -0.165. The maximum Gasteiger partial charge on any atom is 0.708 e. The second kappa shape index (κ2) is 6.90. The van der Waals surface area contributed by atoms with E-state index in [2.05, 4.69) is 13.1 Å². The van der Waals surface area contributed by atoms with Gasteiger partial charge in [0.25, 0.3) is 0 Å². The van der Waals surface area contributed by atoms with Crippen molar-refractivity contribution in [3.8, 4) is 0 Å². The van der Waals surface area contributed by atoms with Crippen LogP contribution in [0.25, 0.3) is 0 Å². The van der Waals surface area contributed by atoms with Gasteiger partial charge in [0.2, 0.25) is 0 Å². The molecule has 0 radical (unpaired) electrons. The van der Waals surface area contributed by atoms with Crippen LogP contribution in [0.4, 0.5) is 0 Å². The molecule has 8 nitrogen and oxygen atoms in total. The van der Waals surface area contributed by atoms with Gasteiger partial charge >= 0.3 is 24.3 Å². The Labute approximate surface area is 85.6 Å². The highest BCUT2D eigenvalue weighted by atomic mass is 35.5. The second-order valence-corrected chi connectivity index (χ2v) is 5.42. The van der Waals surface area contributed by atoms with E-state index in [0.717, 1.165) is 0 Å². The van der Waals surface area contributed by atoms with E-state index in [1.165, 1.54) is 0 Å². The summed E-state index contributed by atoms with van der Waals surface area (Å²) < 4.78 is 42.9. The minimum atomic E-state index is -4.83. The Morgan fingerprint density at radius 1 is 1.36 bits per heavy atom. The fourth-order valence-corrected chi connectivity index (χ4v) is 2.70. The van der Waals surface area contributed by atoms with E-state index in [1.807, 2.05) is 0 Å². The molecule has 0 saturated heterocycles. The molecule has 2 N–H and O–H groups in total. The minimum Gasteiger partial charge on any atom is -0.297 e. The molecule has 0 aromatic heterocycles. The van der Waals surface area contributed by atoms with Crippen molar-refractivity contribution >= 4 is 35.9 Å². The van der Waals surface area contributed by atoms with Gasteiger partial charge in [0.05, 0.1) is 5.88 Å². The van der Waals surface area contributed by atoms with Crippen LogP contribution in [0.5, 0.6) is 0 Å². The van der Waals surface area contributed by atoms with Crippen molar-refractivity contribution in [3.05, 3.63) is 0 Å². The van der Waals surface area contributed by atoms with Crippen LogP contribution in [0.2, 0.25) is 0 Å². The van der Waals surface area contributed by atoms with Gasteiger partial charge in [-0.1, -0.05) is 0 Å². The predicted octanol–water partition coefficient (Wildman–Crippen LogP) is 1.68. The van der Waals surface area contributed by atoms with E-state index >= 15 is 0 Å². The van der Waals surface area contributed by atoms with Gasteiger partial charge in [0.15, 0.2) is 0 Å². The Morgan fingerprint density at radius 3 is 2.36 bits per heavy atom. The van der Waals surface area contributed by atoms with Crippen molar-refractivity contribution in [2.24, 2.45) is 0 Å². The molecular formula is C2H6ClO8P3+2. The van der Waals surface area contributed by atoms with Crippen LogP contribution >= 0.6 is 35.9 Å². The first-order valence-electron chi connectivity index (χ1n) is 2.92. The van der Waals surface area contributed by atoms with Crippen LogP contribution < -0.4 is 0 Å². The molecule has 14 heavy (non-hydrogen) atoms. The molecule has 0 aliphatic carbocycles. The van der Waals surface area contributed by atoms with E-state index < -0.39 is 24.3 Å². The molecule has 12 heteroatoms. The van der Waals surface area contributed by atoms with Crippen LogP contribution in [0, 0.1) is 0 Å². The SMILES string of the molecule is O=[P+](O)OP(=O)(O)O[P+](=O)OCCCl. The lowest BCUT2D eigenvalue weighted by atomic mass is 10.9. The smallest absolute Gasteiger partial charge is 0.297 e. The number of hydrogen-bond donors (Lipinski definition) is 2. The monoisotopic (exact) mass is 286 g/mol. The van der Waals surface area contributed by atoms with Crippen LogP contribution in [0.1, 0.15) is 0 Å². The first-order chi connectivity index (χ1) is 6.37. The summed E-state index contributed by atoms with van der Waals surface area (Å²) in [6, 6.07) is 0. The Hall–Kier alpha value is 0.520. The van der Waals surface area contributed by atoms with Gasteiger partial charge in [-0.25, -0.2) is 4.57 Å². The molecule has 0 fully saturated rings. The Balaban J connectivity index is 4.02. The van der Waals surface area contributed by atoms with Gasteiger partial charge in [-0.05, 0) is 0 Å². The molecule has 0 rings (SSSR count). The lowest BCUT2D eigenvalue weighted by Crippen LogP contribution is -1.89. The molecule has 0 aromatic carbocycles. The molecule has 0 bridgehead atoms. The third-order valence-electron chi connectivity index (χ3n) is 0.617. The Bertz CT molecular complexity index is 265. The number of hydrogen-bond acceptors (Lipinski definition) is 6. The third-order valence-corrected chi connectivity index (χ3v) is 3.91. The second-order valence-electron chi connectivity index (χ2n) is 1.62. The number of halogens is 1. The Kier molecular flexibility index (Phi) is 7.16. The lowest BCUT2D eigenvalue weighted by molar-refractivity contribution is 0.248. The fourth-order valence-electron chi connectivity index (χ4n) is 0.320. The molecular weight excluding hydrogens is 280 g/mol. The van der Waals surface area contributed by atoms with E-state index in [4.69, 9.17) is 21.4 Å². The standard InChI is InChI=1S/C2H4ClO8P3/c3-1-2-9-13(6)11-14(7,8)10-12(4)5/h1-2H2/p+2. The summed E-state index contributed by atoms with van der Waals surface area (Å²) in [7, 11) is -11.1. The molecule has 0 aromatic rings. The average molecular weight is 286 g/mol. The average Bonchev–Trinajstić information content (AvgIpc) is 1.96. The van der Waals surface area contributed by atoms with Gasteiger partial charge < -0.3 is 0 Å². The molecule has 3 atom stereocenters. The molecule has 0 aliphatic rings. The zero-order chi connectivity index (χ0) is 11.2. The maximum absolute atomic E-state index is 10.7. The van der Waals surface area contributed by atoms with Crippen molar-refractivity contribution in [2.75, 3.05) is 12.5 Å². The highest BCUT2D eigenvalue weighted by Gasteiger charge is 2.45. The molecule has 0 spiro atoms. The van der Waals surface area contributed by atoms with E-state index in [1.54, 1.807) is 0 Å². The van der Waals surface area contributed by atoms with Crippen LogP contribution in [-0.4, -0.2) is 22.3 Å². The van der Waals surface area contributed by atoms with Crippen LogP contribution in [-0.2, 0) is 26.8 Å². The summed E-state index contributed by atoms with van der Waals surface area (Å²) in [6.07, 6.45) is 0. The fraction of sp³-hybridized carbons (Fsp3) is 1.00. The van der Waals surface area contributed by atoms with Crippen LogP contribution in [0.3, 0.4) is 0 Å². The van der Waals surface area contributed by atoms with Crippen LogP contribution in [0.15, 0.2) is 0 Å². The first kappa shape index (κ1) is 14.5. The largest absolute Gasteiger partial charge is 0.708 e. The number of alkyl halides is 1. The van der Waals surface area contributed by atoms with Crippen molar-refractivity contribution in [1.29, 1.82) is 0 Å². The third kappa shape index (κ3) is 7.88. The molecule has 82 valence electrons. The molecule has 0 saturated carbocycles. The van der Waals surface area contributed by atoms with Crippen molar-refractivity contribution < 1.29 is 36.6 Å². The maximum atomic E-state index is 10.7. The predicted molar refractivity (Wildman–Crippen MR) is 46.1 cm³/mol. The summed E-state index contributed by atoms with van der Waals surface area (Å²) in [5.41, 5.74) is 0. The van der Waals surface area contributed by atoms with Gasteiger partial charge in [0.1, 0.15) is 6.61 Å². The van der Waals surface area contributed by atoms with Crippen molar-refractivity contribution in [3.63, 3.8) is 0 Å². The molecule has 0 amide bonds. The zero-order valence-electron chi connectivity index (χ0n) is 6.48. The highest BCUT2D eigenvalue weighted by molar-refractivity contribution is 7.61. The summed E-state index contributed by atoms with van der Waals surface area (Å²) >= 11 is 5.14. The van der Waals surface area contributed by atoms with E-state index in [-0.39, 0.29) is 12.5 Å². The lowest BCUT2D eigenvalue weighted by Gasteiger charge is -1.91. The zero-order valence-corrected chi connectivity index (χ0v) is 9.92. The first-order valence-corrected chi connectivity index (χ1v) is 7.17. The van der Waals surface area contributed by atoms with Gasteiger partial charge in [0, 0.05) is 17.8 Å². The number of phosphoric acid groups is 1. The normalized spacial score (nSPS) is 17.4. The Morgan fingerprint density at radius 2 is 1.93 bits per heavy atom. The molecule has 0 heterocycles. The molecule has 0 aliphatic heterocycles. The van der Waals surface area contributed by atoms with E-state index in [9.17, 15) is 13.7 Å². The summed E-state index contributed by atoms with van der Waals surface area (Å²) in [4.78, 5) is 16.7. The van der Waals surface area contributed by atoms with Gasteiger partial charge in [-0.15, -0.1) is 21.0 Å². The highest BCUT2D eigenvalue weighted by Crippen LogP contribution is 2.57.